The van der Waals surface area contributed by atoms with Gasteiger partial charge in [-0.15, -0.1) is 0 Å². The average molecular weight is 337 g/mol. The lowest BCUT2D eigenvalue weighted by Gasteiger charge is -2.25. The molecule has 8 nitrogen and oxygen atoms in total. The van der Waals surface area contributed by atoms with Gasteiger partial charge in [0.05, 0.1) is 18.9 Å². The van der Waals surface area contributed by atoms with Gasteiger partial charge >= 0.3 is 0 Å². The highest BCUT2D eigenvalue weighted by Gasteiger charge is 2.28. The highest BCUT2D eigenvalue weighted by atomic mass is 16.5. The number of hydrogen-bond donors (Lipinski definition) is 0. The van der Waals surface area contributed by atoms with Gasteiger partial charge in [0.25, 0.3) is 5.91 Å². The molecule has 25 heavy (non-hydrogen) atoms. The van der Waals surface area contributed by atoms with Gasteiger partial charge in [0.1, 0.15) is 29.5 Å². The molecule has 0 radical (unpaired) electrons. The van der Waals surface area contributed by atoms with Crippen molar-refractivity contribution in [1.82, 2.24) is 25.0 Å². The second-order valence-corrected chi connectivity index (χ2v) is 5.58. The summed E-state index contributed by atoms with van der Waals surface area (Å²) in [6.07, 6.45) is 8.45. The molecular weight excluding hydrogens is 322 g/mol. The summed E-state index contributed by atoms with van der Waals surface area (Å²) in [5.41, 5.74) is 1.92. The number of hydrogen-bond acceptors (Lipinski definition) is 7. The number of carbonyl (C=O) groups is 1. The first kappa shape index (κ1) is 15.3. The molecule has 126 valence electrons. The molecule has 3 aromatic rings. The number of amides is 1. The van der Waals surface area contributed by atoms with Crippen LogP contribution >= 0.6 is 0 Å². The molecule has 3 aromatic heterocycles. The fourth-order valence-corrected chi connectivity index (χ4v) is 2.71. The van der Waals surface area contributed by atoms with Crippen molar-refractivity contribution >= 4 is 5.91 Å². The first-order valence-corrected chi connectivity index (χ1v) is 7.85. The predicted molar refractivity (Wildman–Crippen MR) is 85.5 cm³/mol. The standard InChI is InChI=1S/C17H15N5O3/c23-17(14-9-19-5-6-20-14)22-7-3-16-13(10-22)15(21-25-16)11-24-12-2-1-4-18-8-12/h1-2,4-6,8-9H,3,7,10-11H2. The van der Waals surface area contributed by atoms with Crippen LogP contribution in [0.3, 0.4) is 0 Å². The van der Waals surface area contributed by atoms with Gasteiger partial charge in [-0.05, 0) is 12.1 Å². The molecule has 0 bridgehead atoms. The van der Waals surface area contributed by atoms with Crippen LogP contribution in [0.4, 0.5) is 0 Å². The summed E-state index contributed by atoms with van der Waals surface area (Å²) >= 11 is 0. The third-order valence-corrected chi connectivity index (χ3v) is 3.99. The smallest absolute Gasteiger partial charge is 0.274 e. The van der Waals surface area contributed by atoms with Gasteiger partial charge in [-0.2, -0.15) is 0 Å². The van der Waals surface area contributed by atoms with Crippen molar-refractivity contribution < 1.29 is 14.1 Å². The third-order valence-electron chi connectivity index (χ3n) is 3.99. The number of pyridine rings is 1. The Labute approximate surface area is 143 Å². The molecule has 0 saturated heterocycles. The summed E-state index contributed by atoms with van der Waals surface area (Å²) in [5.74, 6) is 1.30. The number of ether oxygens (including phenoxy) is 1. The monoisotopic (exact) mass is 337 g/mol. The Bertz CT molecular complexity index is 867. The zero-order valence-corrected chi connectivity index (χ0v) is 13.3. The minimum atomic E-state index is -0.154. The molecule has 0 spiro atoms. The second-order valence-electron chi connectivity index (χ2n) is 5.58. The summed E-state index contributed by atoms with van der Waals surface area (Å²) in [5, 5.41) is 4.09. The molecule has 0 aromatic carbocycles. The summed E-state index contributed by atoms with van der Waals surface area (Å²) in [7, 11) is 0. The Morgan fingerprint density at radius 1 is 1.24 bits per heavy atom. The molecule has 0 N–H and O–H groups in total. The number of carbonyl (C=O) groups excluding carboxylic acids is 1. The summed E-state index contributed by atoms with van der Waals surface area (Å²) in [6, 6.07) is 3.62. The van der Waals surface area contributed by atoms with E-state index in [-0.39, 0.29) is 12.5 Å². The molecule has 1 amide bonds. The molecule has 1 aliphatic rings. The van der Waals surface area contributed by atoms with E-state index in [1.165, 1.54) is 12.4 Å². The van der Waals surface area contributed by atoms with Crippen LogP contribution < -0.4 is 4.74 Å². The van der Waals surface area contributed by atoms with E-state index in [0.717, 1.165) is 11.3 Å². The lowest BCUT2D eigenvalue weighted by molar-refractivity contribution is 0.0722. The van der Waals surface area contributed by atoms with Crippen molar-refractivity contribution in [2.75, 3.05) is 6.54 Å². The third kappa shape index (κ3) is 3.18. The predicted octanol–water partition coefficient (Wildman–Crippen LogP) is 1.64. The lowest BCUT2D eigenvalue weighted by atomic mass is 10.1. The molecule has 0 aliphatic carbocycles. The van der Waals surface area contributed by atoms with Crippen LogP contribution in [0.2, 0.25) is 0 Å². The molecule has 4 rings (SSSR count). The molecule has 4 heterocycles. The number of rotatable bonds is 4. The van der Waals surface area contributed by atoms with E-state index in [4.69, 9.17) is 9.26 Å². The molecule has 0 fully saturated rings. The molecule has 0 unspecified atom stereocenters. The van der Waals surface area contributed by atoms with E-state index in [9.17, 15) is 4.79 Å². The Hall–Kier alpha value is -3.29. The van der Waals surface area contributed by atoms with Crippen LogP contribution in [0, 0.1) is 0 Å². The Morgan fingerprint density at radius 3 is 2.96 bits per heavy atom. The lowest BCUT2D eigenvalue weighted by Crippen LogP contribution is -2.36. The van der Waals surface area contributed by atoms with Gasteiger partial charge in [0.2, 0.25) is 0 Å². The summed E-state index contributed by atoms with van der Waals surface area (Å²) in [6.45, 7) is 1.23. The fourth-order valence-electron chi connectivity index (χ4n) is 2.71. The Balaban J connectivity index is 1.49. The molecular formula is C17H15N5O3. The van der Waals surface area contributed by atoms with Gasteiger partial charge in [-0.1, -0.05) is 5.16 Å². The first-order valence-electron chi connectivity index (χ1n) is 7.85. The van der Waals surface area contributed by atoms with Crippen molar-refractivity contribution in [3.05, 3.63) is 65.8 Å². The van der Waals surface area contributed by atoms with Crippen molar-refractivity contribution in [3.63, 3.8) is 0 Å². The Kier molecular flexibility index (Phi) is 4.07. The zero-order chi connectivity index (χ0) is 17.1. The largest absolute Gasteiger partial charge is 0.486 e. The number of aromatic nitrogens is 4. The van der Waals surface area contributed by atoms with E-state index in [2.05, 4.69) is 20.1 Å². The maximum absolute atomic E-state index is 12.6. The fraction of sp³-hybridized carbons (Fsp3) is 0.235. The molecule has 0 saturated carbocycles. The maximum Gasteiger partial charge on any atom is 0.274 e. The van der Waals surface area contributed by atoms with Gasteiger partial charge in [-0.3, -0.25) is 14.8 Å². The van der Waals surface area contributed by atoms with Gasteiger partial charge < -0.3 is 14.2 Å². The van der Waals surface area contributed by atoms with Crippen molar-refractivity contribution in [3.8, 4) is 5.75 Å². The van der Waals surface area contributed by atoms with Gasteiger partial charge in [0.15, 0.2) is 0 Å². The Morgan fingerprint density at radius 2 is 2.16 bits per heavy atom. The van der Waals surface area contributed by atoms with Crippen molar-refractivity contribution in [2.45, 2.75) is 19.6 Å². The van der Waals surface area contributed by atoms with Crippen LogP contribution in [0.1, 0.15) is 27.5 Å². The first-order chi connectivity index (χ1) is 12.3. The minimum absolute atomic E-state index is 0.154. The van der Waals surface area contributed by atoms with Gasteiger partial charge in [-0.25, -0.2) is 4.98 Å². The molecule has 8 heteroatoms. The summed E-state index contributed by atoms with van der Waals surface area (Å²) < 4.78 is 11.1. The van der Waals surface area contributed by atoms with Crippen LogP contribution in [-0.4, -0.2) is 37.5 Å². The topological polar surface area (TPSA) is 94.2 Å². The van der Waals surface area contributed by atoms with E-state index >= 15 is 0 Å². The van der Waals surface area contributed by atoms with E-state index in [1.807, 2.05) is 6.07 Å². The van der Waals surface area contributed by atoms with E-state index in [0.29, 0.717) is 36.6 Å². The average Bonchev–Trinajstić information content (AvgIpc) is 3.09. The maximum atomic E-state index is 12.6. The SMILES string of the molecule is O=C(c1cnccn1)N1CCc2onc(COc3cccnc3)c2C1. The highest BCUT2D eigenvalue weighted by molar-refractivity contribution is 5.92. The highest BCUT2D eigenvalue weighted by Crippen LogP contribution is 2.24. The normalized spacial score (nSPS) is 13.4. The quantitative estimate of drug-likeness (QED) is 0.714. The van der Waals surface area contributed by atoms with Gasteiger partial charge in [0, 0.05) is 37.1 Å². The van der Waals surface area contributed by atoms with Crippen LogP contribution in [0.15, 0.2) is 47.6 Å². The number of fused-ring (bicyclic) bond motifs is 1. The minimum Gasteiger partial charge on any atom is -0.486 e. The summed E-state index contributed by atoms with van der Waals surface area (Å²) in [4.78, 5) is 26.3. The van der Waals surface area contributed by atoms with E-state index in [1.54, 1.807) is 29.6 Å². The van der Waals surface area contributed by atoms with Crippen molar-refractivity contribution in [2.24, 2.45) is 0 Å². The van der Waals surface area contributed by atoms with Crippen LogP contribution in [0.25, 0.3) is 0 Å². The molecule has 1 aliphatic heterocycles. The van der Waals surface area contributed by atoms with Crippen molar-refractivity contribution in [1.29, 1.82) is 0 Å². The van der Waals surface area contributed by atoms with Crippen LogP contribution in [0.5, 0.6) is 5.75 Å². The second kappa shape index (κ2) is 6.68. The van der Waals surface area contributed by atoms with Crippen LogP contribution in [-0.2, 0) is 19.6 Å². The zero-order valence-electron chi connectivity index (χ0n) is 13.3. The van der Waals surface area contributed by atoms with E-state index < -0.39 is 0 Å². The molecule has 0 atom stereocenters. The number of nitrogens with zero attached hydrogens (tertiary/aromatic N) is 5.